The third-order valence-electron chi connectivity index (χ3n) is 5.33. The molecule has 0 radical (unpaired) electrons. The molecule has 2 amide bonds. The Morgan fingerprint density at radius 1 is 1.20 bits per heavy atom. The molecule has 0 saturated heterocycles. The summed E-state index contributed by atoms with van der Waals surface area (Å²) in [6, 6.07) is 5.49. The van der Waals surface area contributed by atoms with Crippen LogP contribution in [0.15, 0.2) is 18.2 Å². The van der Waals surface area contributed by atoms with E-state index in [0.717, 1.165) is 36.9 Å². The van der Waals surface area contributed by atoms with Gasteiger partial charge in [0.2, 0.25) is 12.3 Å². The van der Waals surface area contributed by atoms with Crippen LogP contribution < -0.4 is 10.2 Å². The second-order valence-corrected chi connectivity index (χ2v) is 7.12. The van der Waals surface area contributed by atoms with E-state index < -0.39 is 0 Å². The summed E-state index contributed by atoms with van der Waals surface area (Å²) in [7, 11) is 0. The summed E-state index contributed by atoms with van der Waals surface area (Å²) in [5.41, 5.74) is 2.60. The number of carbonyl (C=O) groups is 3. The van der Waals surface area contributed by atoms with E-state index in [4.69, 9.17) is 0 Å². The van der Waals surface area contributed by atoms with Gasteiger partial charge in [0.25, 0.3) is 0 Å². The van der Waals surface area contributed by atoms with Crippen LogP contribution in [-0.4, -0.2) is 31.2 Å². The monoisotopic (exact) mass is 342 g/mol. The molecule has 0 bridgehead atoms. The van der Waals surface area contributed by atoms with Crippen LogP contribution in [0.25, 0.3) is 0 Å². The zero-order valence-corrected chi connectivity index (χ0v) is 14.6. The predicted octanol–water partition coefficient (Wildman–Crippen LogP) is 2.86. The number of anilines is 1. The molecule has 1 saturated carbocycles. The van der Waals surface area contributed by atoms with Crippen molar-refractivity contribution in [2.24, 2.45) is 5.92 Å². The van der Waals surface area contributed by atoms with Crippen LogP contribution >= 0.6 is 0 Å². The minimum Gasteiger partial charge on any atom is -0.356 e. The molecule has 2 aliphatic rings. The van der Waals surface area contributed by atoms with Crippen molar-refractivity contribution < 1.29 is 14.4 Å². The van der Waals surface area contributed by atoms with Gasteiger partial charge in [0.1, 0.15) is 0 Å². The van der Waals surface area contributed by atoms with Crippen LogP contribution in [0.3, 0.4) is 0 Å². The zero-order chi connectivity index (χ0) is 17.6. The highest BCUT2D eigenvalue weighted by molar-refractivity contribution is 5.97. The smallest absolute Gasteiger partial charge is 0.220 e. The van der Waals surface area contributed by atoms with Gasteiger partial charge in [-0.15, -0.1) is 0 Å². The van der Waals surface area contributed by atoms with Gasteiger partial charge in [-0.05, 0) is 48.9 Å². The Hall–Kier alpha value is -2.17. The van der Waals surface area contributed by atoms with E-state index in [1.165, 1.54) is 19.3 Å². The molecule has 1 aliphatic carbocycles. The fourth-order valence-corrected chi connectivity index (χ4v) is 3.90. The lowest BCUT2D eigenvalue weighted by Crippen LogP contribution is -2.28. The molecule has 1 aromatic rings. The molecule has 0 spiro atoms. The van der Waals surface area contributed by atoms with Gasteiger partial charge in [-0.25, -0.2) is 0 Å². The summed E-state index contributed by atoms with van der Waals surface area (Å²) in [5.74, 6) is 0.613. The molecule has 3 rings (SSSR count). The summed E-state index contributed by atoms with van der Waals surface area (Å²) in [4.78, 5) is 36.9. The van der Waals surface area contributed by atoms with E-state index in [9.17, 15) is 14.4 Å². The second kappa shape index (κ2) is 8.28. The number of hydrogen-bond acceptors (Lipinski definition) is 3. The van der Waals surface area contributed by atoms with Crippen LogP contribution in [0.5, 0.6) is 0 Å². The van der Waals surface area contributed by atoms with Gasteiger partial charge in [-0.1, -0.05) is 19.3 Å². The van der Waals surface area contributed by atoms with Crippen LogP contribution in [0.1, 0.15) is 60.9 Å². The highest BCUT2D eigenvalue weighted by Crippen LogP contribution is 2.28. The largest absolute Gasteiger partial charge is 0.356 e. The lowest BCUT2D eigenvalue weighted by Gasteiger charge is -2.20. The Labute approximate surface area is 148 Å². The average Bonchev–Trinajstić information content (AvgIpc) is 3.04. The maximum atomic E-state index is 12.3. The molecule has 0 unspecified atom stereocenters. The molecule has 5 heteroatoms. The number of benzene rings is 1. The van der Waals surface area contributed by atoms with Crippen molar-refractivity contribution in [3.05, 3.63) is 29.3 Å². The van der Waals surface area contributed by atoms with Crippen molar-refractivity contribution >= 4 is 23.8 Å². The van der Waals surface area contributed by atoms with E-state index >= 15 is 0 Å². The van der Waals surface area contributed by atoms with Gasteiger partial charge in [0.15, 0.2) is 5.78 Å². The van der Waals surface area contributed by atoms with Gasteiger partial charge in [-0.2, -0.15) is 0 Å². The van der Waals surface area contributed by atoms with Gasteiger partial charge in [0.05, 0.1) is 0 Å². The minimum absolute atomic E-state index is 0.0327. The van der Waals surface area contributed by atoms with E-state index in [0.29, 0.717) is 37.4 Å². The molecule has 1 fully saturated rings. The second-order valence-electron chi connectivity index (χ2n) is 7.12. The molecule has 1 heterocycles. The average molecular weight is 342 g/mol. The fraction of sp³-hybridized carbons (Fsp3) is 0.550. The summed E-state index contributed by atoms with van der Waals surface area (Å²) < 4.78 is 0. The number of hydrogen-bond donors (Lipinski definition) is 1. The van der Waals surface area contributed by atoms with Crippen LogP contribution in [0.4, 0.5) is 5.69 Å². The van der Waals surface area contributed by atoms with Crippen LogP contribution in [-0.2, 0) is 16.0 Å². The first kappa shape index (κ1) is 17.6. The molecule has 25 heavy (non-hydrogen) atoms. The lowest BCUT2D eigenvalue weighted by atomic mass is 9.87. The topological polar surface area (TPSA) is 66.5 Å². The van der Waals surface area contributed by atoms with Gasteiger partial charge in [0, 0.05) is 37.2 Å². The number of nitrogens with one attached hydrogen (secondary N) is 1. The summed E-state index contributed by atoms with van der Waals surface area (Å²) in [6.07, 6.45) is 8.58. The number of nitrogens with zero attached hydrogens (tertiary/aromatic N) is 1. The number of amides is 2. The minimum atomic E-state index is 0.0327. The first-order valence-electron chi connectivity index (χ1n) is 9.32. The first-order valence-corrected chi connectivity index (χ1v) is 9.32. The highest BCUT2D eigenvalue weighted by Gasteiger charge is 2.20. The Bertz CT molecular complexity index is 650. The van der Waals surface area contributed by atoms with E-state index in [2.05, 4.69) is 5.32 Å². The van der Waals surface area contributed by atoms with Gasteiger partial charge >= 0.3 is 0 Å². The summed E-state index contributed by atoms with van der Waals surface area (Å²) >= 11 is 0. The van der Waals surface area contributed by atoms with Crippen molar-refractivity contribution in [1.82, 2.24) is 5.32 Å². The van der Waals surface area contributed by atoms with Crippen molar-refractivity contribution in [2.45, 2.75) is 51.4 Å². The Balaban J connectivity index is 1.45. The molecule has 134 valence electrons. The third kappa shape index (κ3) is 4.47. The Kier molecular flexibility index (Phi) is 5.84. The van der Waals surface area contributed by atoms with Crippen LogP contribution in [0, 0.1) is 5.92 Å². The predicted molar refractivity (Wildman–Crippen MR) is 96.7 cm³/mol. The number of carbonyl (C=O) groups excluding carboxylic acids is 3. The molecule has 1 N–H and O–H groups in total. The summed E-state index contributed by atoms with van der Waals surface area (Å²) in [5, 5.41) is 2.88. The first-order chi connectivity index (χ1) is 12.2. The van der Waals surface area contributed by atoms with E-state index in [1.807, 2.05) is 12.1 Å². The lowest BCUT2D eigenvalue weighted by molar-refractivity contribution is -0.122. The van der Waals surface area contributed by atoms with Gasteiger partial charge < -0.3 is 10.2 Å². The number of rotatable bonds is 7. The molecule has 5 nitrogen and oxygen atoms in total. The SMILES string of the molecule is O=CN1CCc2cc(C(=O)CCNC(=O)CC3CCCCC3)ccc21. The molecule has 0 atom stereocenters. The quantitative estimate of drug-likeness (QED) is 0.612. The highest BCUT2D eigenvalue weighted by atomic mass is 16.2. The van der Waals surface area contributed by atoms with Crippen molar-refractivity contribution in [1.29, 1.82) is 0 Å². The molecule has 1 aliphatic heterocycles. The molecule has 0 aromatic heterocycles. The maximum absolute atomic E-state index is 12.3. The third-order valence-corrected chi connectivity index (χ3v) is 5.33. The van der Waals surface area contributed by atoms with Gasteiger partial charge in [-0.3, -0.25) is 14.4 Å². The fourth-order valence-electron chi connectivity index (χ4n) is 3.90. The van der Waals surface area contributed by atoms with E-state index in [1.54, 1.807) is 11.0 Å². The number of ketones is 1. The van der Waals surface area contributed by atoms with Crippen molar-refractivity contribution in [3.63, 3.8) is 0 Å². The van der Waals surface area contributed by atoms with Crippen LogP contribution in [0.2, 0.25) is 0 Å². The Morgan fingerprint density at radius 2 is 2.00 bits per heavy atom. The standard InChI is InChI=1S/C20H26N2O3/c23-14-22-11-9-16-13-17(6-7-18(16)22)19(24)8-10-21-20(25)12-15-4-2-1-3-5-15/h6-7,13-15H,1-5,8-12H2,(H,21,25). The normalized spacial score (nSPS) is 17.2. The van der Waals surface area contributed by atoms with E-state index in [-0.39, 0.29) is 11.7 Å². The zero-order valence-electron chi connectivity index (χ0n) is 14.6. The maximum Gasteiger partial charge on any atom is 0.220 e. The van der Waals surface area contributed by atoms with Crippen molar-refractivity contribution in [2.75, 3.05) is 18.0 Å². The summed E-state index contributed by atoms with van der Waals surface area (Å²) in [6.45, 7) is 1.07. The number of fused-ring (bicyclic) bond motifs is 1. The molecular formula is C20H26N2O3. The van der Waals surface area contributed by atoms with Crippen molar-refractivity contribution in [3.8, 4) is 0 Å². The Morgan fingerprint density at radius 3 is 2.76 bits per heavy atom. The molecular weight excluding hydrogens is 316 g/mol. The molecule has 1 aromatic carbocycles. The number of Topliss-reactive ketones (excluding diaryl/α,β-unsaturated/α-hetero) is 1.